The molecule has 0 bridgehead atoms. The fraction of sp³-hybridized carbons (Fsp3) is 0.0714. The van der Waals surface area contributed by atoms with E-state index in [1.807, 2.05) is 34.3 Å². The third-order valence-corrected chi connectivity index (χ3v) is 3.80. The monoisotopic (exact) mass is 285 g/mol. The minimum atomic E-state index is -0.377. The average molecular weight is 285 g/mol. The van der Waals surface area contributed by atoms with Gasteiger partial charge in [-0.2, -0.15) is 0 Å². The van der Waals surface area contributed by atoms with Gasteiger partial charge >= 0.3 is 0 Å². The Kier molecular flexibility index (Phi) is 3.30. The predicted molar refractivity (Wildman–Crippen MR) is 77.7 cm³/mol. The molecule has 2 heterocycles. The Morgan fingerprint density at radius 3 is 2.95 bits per heavy atom. The van der Waals surface area contributed by atoms with Gasteiger partial charge in [-0.15, -0.1) is 11.3 Å². The first-order valence-electron chi connectivity index (χ1n) is 6.02. The lowest BCUT2D eigenvalue weighted by Gasteiger charge is -2.06. The van der Waals surface area contributed by atoms with Gasteiger partial charge in [0, 0.05) is 31.1 Å². The van der Waals surface area contributed by atoms with Crippen molar-refractivity contribution >= 4 is 17.0 Å². The van der Waals surface area contributed by atoms with Crippen molar-refractivity contribution in [2.75, 3.05) is 0 Å². The Labute approximate surface area is 119 Å². The molecule has 1 aromatic carbocycles. The average Bonchev–Trinajstić information content (AvgIpc) is 3.09. The van der Waals surface area contributed by atoms with E-state index in [2.05, 4.69) is 4.98 Å². The fourth-order valence-electron chi connectivity index (χ4n) is 2.03. The van der Waals surface area contributed by atoms with Crippen molar-refractivity contribution in [3.8, 4) is 10.7 Å². The van der Waals surface area contributed by atoms with Crippen molar-refractivity contribution in [1.82, 2.24) is 9.55 Å². The van der Waals surface area contributed by atoms with Crippen LogP contribution in [-0.2, 0) is 6.54 Å². The zero-order chi connectivity index (χ0) is 13.9. The van der Waals surface area contributed by atoms with Crippen molar-refractivity contribution in [3.63, 3.8) is 0 Å². The van der Waals surface area contributed by atoms with Gasteiger partial charge in [0.05, 0.1) is 9.80 Å². The standard InChI is InChI=1S/C14H11N3O2S/c18-17(19)12-4-1-3-11(9-12)10-16-7-6-15-14(16)13-5-2-8-20-13/h1-9H,10H2. The lowest BCUT2D eigenvalue weighted by atomic mass is 10.2. The van der Waals surface area contributed by atoms with E-state index in [1.165, 1.54) is 6.07 Å². The third kappa shape index (κ3) is 2.46. The van der Waals surface area contributed by atoms with E-state index in [0.29, 0.717) is 6.54 Å². The molecule has 3 aromatic rings. The number of hydrogen-bond acceptors (Lipinski definition) is 4. The molecule has 0 saturated heterocycles. The first kappa shape index (κ1) is 12.6. The van der Waals surface area contributed by atoms with Crippen LogP contribution in [0.2, 0.25) is 0 Å². The number of imidazole rings is 1. The second kappa shape index (κ2) is 5.26. The Morgan fingerprint density at radius 1 is 1.30 bits per heavy atom. The van der Waals surface area contributed by atoms with Crippen LogP contribution in [0.5, 0.6) is 0 Å². The first-order valence-corrected chi connectivity index (χ1v) is 6.90. The van der Waals surface area contributed by atoms with Crippen molar-refractivity contribution in [2.45, 2.75) is 6.54 Å². The predicted octanol–water partition coefficient (Wildman–Crippen LogP) is 3.57. The summed E-state index contributed by atoms with van der Waals surface area (Å²) in [5.41, 5.74) is 0.996. The molecule has 0 saturated carbocycles. The molecule has 5 nitrogen and oxygen atoms in total. The molecule has 0 amide bonds. The number of aromatic nitrogens is 2. The summed E-state index contributed by atoms with van der Waals surface area (Å²) in [7, 11) is 0. The summed E-state index contributed by atoms with van der Waals surface area (Å²) in [6, 6.07) is 10.7. The molecule has 0 N–H and O–H groups in total. The van der Waals surface area contributed by atoms with E-state index in [4.69, 9.17) is 0 Å². The lowest BCUT2D eigenvalue weighted by molar-refractivity contribution is -0.384. The number of nitrogens with zero attached hydrogens (tertiary/aromatic N) is 3. The Bertz CT molecular complexity index is 734. The maximum atomic E-state index is 10.8. The molecule has 6 heteroatoms. The maximum absolute atomic E-state index is 10.8. The van der Waals surface area contributed by atoms with Crippen LogP contribution >= 0.6 is 11.3 Å². The van der Waals surface area contributed by atoms with E-state index < -0.39 is 0 Å². The Hall–Kier alpha value is -2.47. The molecular weight excluding hydrogens is 274 g/mol. The highest BCUT2D eigenvalue weighted by Gasteiger charge is 2.09. The minimum Gasteiger partial charge on any atom is -0.326 e. The van der Waals surface area contributed by atoms with E-state index in [0.717, 1.165) is 16.3 Å². The molecule has 2 aromatic heterocycles. The van der Waals surface area contributed by atoms with Crippen LogP contribution in [0.1, 0.15) is 5.56 Å². The Morgan fingerprint density at radius 2 is 2.20 bits per heavy atom. The number of nitro groups is 1. The molecule has 0 atom stereocenters. The fourth-order valence-corrected chi connectivity index (χ4v) is 2.77. The van der Waals surface area contributed by atoms with Gasteiger partial charge < -0.3 is 4.57 Å². The number of nitro benzene ring substituents is 1. The van der Waals surface area contributed by atoms with Gasteiger partial charge in [-0.25, -0.2) is 4.98 Å². The Balaban J connectivity index is 1.91. The second-order valence-electron chi connectivity index (χ2n) is 4.28. The van der Waals surface area contributed by atoms with Gasteiger partial charge in [-0.1, -0.05) is 18.2 Å². The number of hydrogen-bond donors (Lipinski definition) is 0. The van der Waals surface area contributed by atoms with Gasteiger partial charge in [-0.3, -0.25) is 10.1 Å². The molecule has 0 fully saturated rings. The maximum Gasteiger partial charge on any atom is 0.269 e. The molecule has 0 unspecified atom stereocenters. The van der Waals surface area contributed by atoms with E-state index in [9.17, 15) is 10.1 Å². The van der Waals surface area contributed by atoms with Gasteiger partial charge in [0.25, 0.3) is 5.69 Å². The summed E-state index contributed by atoms with van der Waals surface area (Å²) in [6.07, 6.45) is 3.63. The van der Waals surface area contributed by atoms with Crippen LogP contribution in [0.4, 0.5) is 5.69 Å². The molecule has 20 heavy (non-hydrogen) atoms. The van der Waals surface area contributed by atoms with Crippen molar-refractivity contribution in [3.05, 3.63) is 69.8 Å². The minimum absolute atomic E-state index is 0.111. The highest BCUT2D eigenvalue weighted by atomic mass is 32.1. The second-order valence-corrected chi connectivity index (χ2v) is 5.23. The topological polar surface area (TPSA) is 61.0 Å². The molecule has 100 valence electrons. The number of non-ortho nitro benzene ring substituents is 1. The molecule has 0 radical (unpaired) electrons. The molecule has 0 spiro atoms. The zero-order valence-electron chi connectivity index (χ0n) is 10.5. The van der Waals surface area contributed by atoms with Gasteiger partial charge in [-0.05, 0) is 17.0 Å². The van der Waals surface area contributed by atoms with Crippen molar-refractivity contribution < 1.29 is 4.92 Å². The van der Waals surface area contributed by atoms with Crippen molar-refractivity contribution in [2.24, 2.45) is 0 Å². The summed E-state index contributed by atoms with van der Waals surface area (Å²) in [5.74, 6) is 0.881. The van der Waals surface area contributed by atoms with Crippen LogP contribution in [0.25, 0.3) is 10.7 Å². The smallest absolute Gasteiger partial charge is 0.269 e. The van der Waals surface area contributed by atoms with Crippen molar-refractivity contribution in [1.29, 1.82) is 0 Å². The van der Waals surface area contributed by atoms with Gasteiger partial charge in [0.1, 0.15) is 5.82 Å². The van der Waals surface area contributed by atoms with Crippen LogP contribution < -0.4 is 0 Å². The molecular formula is C14H11N3O2S. The van der Waals surface area contributed by atoms with E-state index >= 15 is 0 Å². The molecule has 0 aliphatic carbocycles. The van der Waals surface area contributed by atoms with Crippen LogP contribution in [0.3, 0.4) is 0 Å². The number of rotatable bonds is 4. The quantitative estimate of drug-likeness (QED) is 0.544. The highest BCUT2D eigenvalue weighted by Crippen LogP contribution is 2.24. The van der Waals surface area contributed by atoms with Crippen LogP contribution in [-0.4, -0.2) is 14.5 Å². The first-order chi connectivity index (χ1) is 9.74. The normalized spacial score (nSPS) is 10.6. The van der Waals surface area contributed by atoms with Gasteiger partial charge in [0.2, 0.25) is 0 Å². The summed E-state index contributed by atoms with van der Waals surface area (Å²) in [5, 5.41) is 12.8. The van der Waals surface area contributed by atoms with Crippen LogP contribution in [0, 0.1) is 10.1 Å². The molecule has 0 aliphatic heterocycles. The summed E-state index contributed by atoms with van der Waals surface area (Å²) >= 11 is 1.62. The summed E-state index contributed by atoms with van der Waals surface area (Å²) in [4.78, 5) is 15.9. The van der Waals surface area contributed by atoms with Gasteiger partial charge in [0.15, 0.2) is 0 Å². The lowest BCUT2D eigenvalue weighted by Crippen LogP contribution is -2.01. The molecule has 0 aliphatic rings. The number of thiophene rings is 1. The zero-order valence-corrected chi connectivity index (χ0v) is 11.3. The van der Waals surface area contributed by atoms with E-state index in [1.54, 1.807) is 29.7 Å². The van der Waals surface area contributed by atoms with Crippen LogP contribution in [0.15, 0.2) is 54.2 Å². The summed E-state index contributed by atoms with van der Waals surface area (Å²) < 4.78 is 1.99. The van der Waals surface area contributed by atoms with E-state index in [-0.39, 0.29) is 10.6 Å². The SMILES string of the molecule is O=[N+]([O-])c1cccc(Cn2ccnc2-c2cccs2)c1. The number of benzene rings is 1. The highest BCUT2D eigenvalue weighted by molar-refractivity contribution is 7.13. The third-order valence-electron chi connectivity index (χ3n) is 2.93. The summed E-state index contributed by atoms with van der Waals surface area (Å²) in [6.45, 7) is 0.564. The largest absolute Gasteiger partial charge is 0.326 e. The molecule has 3 rings (SSSR count).